The van der Waals surface area contributed by atoms with Crippen molar-refractivity contribution in [1.82, 2.24) is 10.3 Å². The molecule has 2 aliphatic carbocycles. The van der Waals surface area contributed by atoms with Crippen LogP contribution in [0.3, 0.4) is 0 Å². The summed E-state index contributed by atoms with van der Waals surface area (Å²) in [5, 5.41) is 3.10. The third kappa shape index (κ3) is 3.55. The van der Waals surface area contributed by atoms with Crippen molar-refractivity contribution < 1.29 is 27.1 Å². The van der Waals surface area contributed by atoms with E-state index in [0.717, 1.165) is 43.5 Å². The third-order valence-corrected chi connectivity index (χ3v) is 8.81. The molecule has 2 amide bonds. The number of amides is 2. The van der Waals surface area contributed by atoms with Crippen molar-refractivity contribution in [2.75, 3.05) is 11.2 Å². The molecule has 1 spiro atoms. The summed E-state index contributed by atoms with van der Waals surface area (Å²) in [4.78, 5) is 30.8. The molecule has 0 bridgehead atoms. The van der Waals surface area contributed by atoms with Crippen molar-refractivity contribution >= 4 is 27.5 Å². The first-order valence-electron chi connectivity index (χ1n) is 11.4. The van der Waals surface area contributed by atoms with E-state index in [9.17, 15) is 22.4 Å². The quantitative estimate of drug-likeness (QED) is 0.590. The zero-order valence-corrected chi connectivity index (χ0v) is 20.4. The lowest BCUT2D eigenvalue weighted by molar-refractivity contribution is -0.163. The highest BCUT2D eigenvalue weighted by atomic mass is 32.2. The van der Waals surface area contributed by atoms with Crippen molar-refractivity contribution in [3.63, 3.8) is 0 Å². The fraction of sp³-hybridized carbons (Fsp3) is 0.458. The molecule has 3 fully saturated rings. The van der Waals surface area contributed by atoms with Gasteiger partial charge in [0.15, 0.2) is 15.4 Å². The third-order valence-electron chi connectivity index (χ3n) is 7.69. The van der Waals surface area contributed by atoms with Gasteiger partial charge in [-0.25, -0.2) is 17.8 Å². The number of primary amides is 1. The molecule has 1 aromatic carbocycles. The maximum Gasteiger partial charge on any atom is 0.263 e. The first-order valence-corrected chi connectivity index (χ1v) is 13.3. The van der Waals surface area contributed by atoms with Gasteiger partial charge in [-0.05, 0) is 63.4 Å². The number of aromatic nitrogens is 1. The Hall–Kier alpha value is -3.21. The number of piperidine rings is 2. The molecule has 1 aromatic heterocycles. The lowest BCUT2D eigenvalue weighted by Gasteiger charge is -2.79. The molecule has 3 N–H and O–H groups in total. The standard InChI is InChI=1S/C24H27FN4O5S/c1-23(2,34-15-6-5-14(25)10-16(15)35(3,32)33)22(31)28-17-11-19-24(17)9-8-18(24)29(19)20-7-4-13(12-27-20)21(26)30/h4-7,10,12,17-19H,8-9,11H2,1-3H3,(H2,26,30)(H,28,31). The van der Waals surface area contributed by atoms with E-state index in [1.54, 1.807) is 26.0 Å². The van der Waals surface area contributed by atoms with Gasteiger partial charge in [-0.3, -0.25) is 9.59 Å². The molecule has 5 rings (SSSR count). The van der Waals surface area contributed by atoms with Crippen LogP contribution in [0.4, 0.5) is 10.2 Å². The molecule has 186 valence electrons. The second kappa shape index (κ2) is 7.64. The number of halogens is 1. The van der Waals surface area contributed by atoms with Crippen molar-refractivity contribution in [1.29, 1.82) is 0 Å². The summed E-state index contributed by atoms with van der Waals surface area (Å²) in [6.45, 7) is 3.11. The van der Waals surface area contributed by atoms with Crippen LogP contribution in [-0.4, -0.2) is 55.2 Å². The number of benzene rings is 1. The largest absolute Gasteiger partial charge is 0.477 e. The number of hydrogen-bond donors (Lipinski definition) is 2. The Bertz CT molecular complexity index is 1320. The normalized spacial score (nSPS) is 26.9. The second-order valence-corrected chi connectivity index (χ2v) is 12.1. The number of carbonyl (C=O) groups is 2. The van der Waals surface area contributed by atoms with Crippen LogP contribution in [0.15, 0.2) is 41.4 Å². The number of ether oxygens (including phenoxy) is 1. The molecule has 3 aliphatic rings. The Kier molecular flexibility index (Phi) is 5.14. The number of rotatable bonds is 7. The van der Waals surface area contributed by atoms with Gasteiger partial charge in [0.25, 0.3) is 5.91 Å². The van der Waals surface area contributed by atoms with E-state index in [1.165, 1.54) is 12.3 Å². The van der Waals surface area contributed by atoms with Gasteiger partial charge < -0.3 is 20.7 Å². The zero-order valence-electron chi connectivity index (χ0n) is 19.6. The highest BCUT2D eigenvalue weighted by molar-refractivity contribution is 7.90. The minimum atomic E-state index is -3.76. The minimum Gasteiger partial charge on any atom is -0.477 e. The first kappa shape index (κ1) is 23.5. The van der Waals surface area contributed by atoms with Crippen molar-refractivity contribution in [3.8, 4) is 5.75 Å². The summed E-state index contributed by atoms with van der Waals surface area (Å²) in [6, 6.07) is 7.13. The topological polar surface area (TPSA) is 132 Å². The van der Waals surface area contributed by atoms with E-state index < -0.39 is 27.2 Å². The second-order valence-electron chi connectivity index (χ2n) is 10.1. The molecule has 2 saturated carbocycles. The first-order chi connectivity index (χ1) is 16.3. The van der Waals surface area contributed by atoms with E-state index in [4.69, 9.17) is 10.5 Å². The van der Waals surface area contributed by atoms with Gasteiger partial charge in [-0.2, -0.15) is 0 Å². The SMILES string of the molecule is CC(C)(Oc1ccc(F)cc1S(C)(=O)=O)C(=O)NC1CC2N(c3ccc(C(N)=O)cn3)C3CCC132. The van der Waals surface area contributed by atoms with Gasteiger partial charge in [0, 0.05) is 36.0 Å². The van der Waals surface area contributed by atoms with Crippen LogP contribution in [0.25, 0.3) is 0 Å². The lowest BCUT2D eigenvalue weighted by Crippen LogP contribution is -2.90. The van der Waals surface area contributed by atoms with Gasteiger partial charge in [-0.15, -0.1) is 0 Å². The fourth-order valence-corrected chi connectivity index (χ4v) is 6.55. The minimum absolute atomic E-state index is 0.0242. The van der Waals surface area contributed by atoms with Crippen molar-refractivity contribution in [2.24, 2.45) is 11.1 Å². The van der Waals surface area contributed by atoms with Crippen LogP contribution >= 0.6 is 0 Å². The molecule has 0 radical (unpaired) electrons. The summed E-state index contributed by atoms with van der Waals surface area (Å²) in [7, 11) is -3.76. The summed E-state index contributed by atoms with van der Waals surface area (Å²) >= 11 is 0. The summed E-state index contributed by atoms with van der Waals surface area (Å²) < 4.78 is 43.6. The molecule has 4 unspecified atom stereocenters. The predicted molar refractivity (Wildman–Crippen MR) is 125 cm³/mol. The monoisotopic (exact) mass is 502 g/mol. The van der Waals surface area contributed by atoms with Crippen LogP contribution in [0.1, 0.15) is 43.5 Å². The van der Waals surface area contributed by atoms with E-state index in [-0.39, 0.29) is 40.1 Å². The van der Waals surface area contributed by atoms with Gasteiger partial charge in [0.2, 0.25) is 5.91 Å². The number of nitrogens with zero attached hydrogens (tertiary/aromatic N) is 2. The Morgan fingerprint density at radius 2 is 2.00 bits per heavy atom. The van der Waals surface area contributed by atoms with Gasteiger partial charge >= 0.3 is 0 Å². The smallest absolute Gasteiger partial charge is 0.263 e. The average molecular weight is 503 g/mol. The number of carbonyl (C=O) groups excluding carboxylic acids is 2. The van der Waals surface area contributed by atoms with Gasteiger partial charge in [-0.1, -0.05) is 0 Å². The molecule has 2 aromatic rings. The Balaban J connectivity index is 1.27. The van der Waals surface area contributed by atoms with E-state index in [2.05, 4.69) is 15.2 Å². The fourth-order valence-electron chi connectivity index (χ4n) is 5.75. The molecule has 1 saturated heterocycles. The van der Waals surface area contributed by atoms with Crippen LogP contribution in [0.5, 0.6) is 5.75 Å². The maximum absolute atomic E-state index is 13.6. The number of nitrogens with one attached hydrogen (secondary N) is 1. The van der Waals surface area contributed by atoms with Crippen LogP contribution in [-0.2, 0) is 14.6 Å². The number of sulfone groups is 1. The van der Waals surface area contributed by atoms with E-state index in [0.29, 0.717) is 5.56 Å². The van der Waals surface area contributed by atoms with Gasteiger partial charge in [0.05, 0.1) is 5.56 Å². The summed E-state index contributed by atoms with van der Waals surface area (Å²) in [6.07, 6.45) is 5.15. The van der Waals surface area contributed by atoms with Crippen molar-refractivity contribution in [3.05, 3.63) is 47.9 Å². The number of anilines is 1. The number of nitrogens with two attached hydrogens (primary N) is 1. The van der Waals surface area contributed by atoms with E-state index in [1.807, 2.05) is 0 Å². The van der Waals surface area contributed by atoms with Crippen LogP contribution in [0, 0.1) is 11.2 Å². The molecule has 9 nitrogen and oxygen atoms in total. The highest BCUT2D eigenvalue weighted by Crippen LogP contribution is 2.68. The summed E-state index contributed by atoms with van der Waals surface area (Å²) in [5.41, 5.74) is 4.25. The highest BCUT2D eigenvalue weighted by Gasteiger charge is 2.76. The molecular formula is C24H27FN4O5S. The molecule has 1 aliphatic heterocycles. The lowest BCUT2D eigenvalue weighted by atomic mass is 9.40. The number of pyridine rings is 1. The predicted octanol–water partition coefficient (Wildman–Crippen LogP) is 1.81. The zero-order chi connectivity index (χ0) is 25.3. The van der Waals surface area contributed by atoms with Crippen molar-refractivity contribution in [2.45, 2.75) is 61.7 Å². The molecule has 4 atom stereocenters. The molecule has 11 heteroatoms. The maximum atomic E-state index is 13.6. The van der Waals surface area contributed by atoms with Gasteiger partial charge in [0.1, 0.15) is 22.3 Å². The van der Waals surface area contributed by atoms with Crippen LogP contribution in [0.2, 0.25) is 0 Å². The Morgan fingerprint density at radius 3 is 2.54 bits per heavy atom. The molecular weight excluding hydrogens is 475 g/mol. The Morgan fingerprint density at radius 1 is 1.26 bits per heavy atom. The average Bonchev–Trinajstić information content (AvgIpc) is 2.74. The summed E-state index contributed by atoms with van der Waals surface area (Å²) in [5.74, 6) is -0.874. The van der Waals surface area contributed by atoms with Crippen LogP contribution < -0.4 is 20.7 Å². The molecule has 35 heavy (non-hydrogen) atoms. The molecule has 2 heterocycles. The Labute approximate surface area is 202 Å². The number of hydrogen-bond acceptors (Lipinski definition) is 7. The van der Waals surface area contributed by atoms with E-state index >= 15 is 0 Å².